The predicted octanol–water partition coefficient (Wildman–Crippen LogP) is 0.241. The molecule has 0 saturated carbocycles. The Bertz CT molecular complexity index is 216. The van der Waals surface area contributed by atoms with E-state index in [1.807, 2.05) is 0 Å². The molecule has 76 valence electrons. The van der Waals surface area contributed by atoms with Crippen LogP contribution in [0.5, 0.6) is 0 Å². The highest BCUT2D eigenvalue weighted by atomic mass is 35.5. The Labute approximate surface area is 82.8 Å². The third kappa shape index (κ3) is 3.63. The van der Waals surface area contributed by atoms with Gasteiger partial charge in [0.2, 0.25) is 11.8 Å². The molecule has 0 aromatic carbocycles. The smallest absolute Gasteiger partial charge is 0.239 e. The summed E-state index contributed by atoms with van der Waals surface area (Å²) in [6.45, 7) is 4.93. The van der Waals surface area contributed by atoms with E-state index in [1.54, 1.807) is 13.8 Å². The molecule has 0 aromatic rings. The Balaban J connectivity index is 4.23. The molecule has 5 heteroatoms. The summed E-state index contributed by atoms with van der Waals surface area (Å²) in [6, 6.07) is -0.657. The van der Waals surface area contributed by atoms with E-state index in [4.69, 9.17) is 17.3 Å². The average Bonchev–Trinajstić information content (AvgIpc) is 2.04. The minimum atomic E-state index is -0.675. The number of nitrogens with one attached hydrogen (secondary N) is 1. The molecular formula is C8H15ClN2O2. The third-order valence-electron chi connectivity index (χ3n) is 1.72. The molecule has 0 rings (SSSR count). The zero-order valence-electron chi connectivity index (χ0n) is 8.06. The lowest BCUT2D eigenvalue weighted by Crippen LogP contribution is -2.47. The van der Waals surface area contributed by atoms with Crippen molar-refractivity contribution in [3.8, 4) is 0 Å². The summed E-state index contributed by atoms with van der Waals surface area (Å²) >= 11 is 5.57. The number of hydrogen-bond donors (Lipinski definition) is 2. The number of halogens is 1. The van der Waals surface area contributed by atoms with Crippen LogP contribution in [-0.4, -0.2) is 23.7 Å². The zero-order valence-corrected chi connectivity index (χ0v) is 8.81. The monoisotopic (exact) mass is 206 g/mol. The van der Waals surface area contributed by atoms with Crippen molar-refractivity contribution in [3.05, 3.63) is 0 Å². The van der Waals surface area contributed by atoms with Crippen molar-refractivity contribution in [1.29, 1.82) is 0 Å². The van der Waals surface area contributed by atoms with Crippen LogP contribution in [0.25, 0.3) is 0 Å². The first-order valence-electron chi connectivity index (χ1n) is 3.97. The van der Waals surface area contributed by atoms with Gasteiger partial charge in [0.25, 0.3) is 0 Å². The first kappa shape index (κ1) is 12.2. The molecule has 0 bridgehead atoms. The second-order valence-corrected chi connectivity index (χ2v) is 3.88. The highest BCUT2D eigenvalue weighted by Gasteiger charge is 2.28. The molecule has 0 aliphatic carbocycles. The summed E-state index contributed by atoms with van der Waals surface area (Å²) in [6.07, 6.45) is 0. The Morgan fingerprint density at radius 1 is 1.54 bits per heavy atom. The van der Waals surface area contributed by atoms with E-state index in [1.165, 1.54) is 6.92 Å². The fourth-order valence-corrected chi connectivity index (χ4v) is 0.645. The first-order valence-corrected chi connectivity index (χ1v) is 4.51. The van der Waals surface area contributed by atoms with Crippen molar-refractivity contribution in [3.63, 3.8) is 0 Å². The standard InChI is InChI=1S/C8H15ClN2O2/c1-5(6(10)12)11-7(13)8(2,3)4-9/h5H,4H2,1-3H3,(H2,10,12)(H,11,13). The minimum Gasteiger partial charge on any atom is -0.368 e. The van der Waals surface area contributed by atoms with Gasteiger partial charge in [-0.1, -0.05) is 0 Å². The highest BCUT2D eigenvalue weighted by molar-refractivity contribution is 6.19. The molecule has 13 heavy (non-hydrogen) atoms. The number of carbonyl (C=O) groups is 2. The van der Waals surface area contributed by atoms with Crippen LogP contribution in [-0.2, 0) is 9.59 Å². The Hall–Kier alpha value is -0.770. The normalized spacial score (nSPS) is 13.5. The number of amides is 2. The van der Waals surface area contributed by atoms with E-state index in [0.717, 1.165) is 0 Å². The summed E-state index contributed by atoms with van der Waals surface area (Å²) in [5, 5.41) is 2.47. The number of alkyl halides is 1. The first-order chi connectivity index (χ1) is 5.81. The summed E-state index contributed by atoms with van der Waals surface area (Å²) in [4.78, 5) is 22.0. The number of carbonyl (C=O) groups excluding carboxylic acids is 2. The van der Waals surface area contributed by atoms with Gasteiger partial charge in [-0.25, -0.2) is 0 Å². The van der Waals surface area contributed by atoms with Crippen LogP contribution in [0, 0.1) is 5.41 Å². The van der Waals surface area contributed by atoms with Crippen LogP contribution in [0.3, 0.4) is 0 Å². The van der Waals surface area contributed by atoms with Gasteiger partial charge in [0, 0.05) is 5.88 Å². The number of rotatable bonds is 4. The second-order valence-electron chi connectivity index (χ2n) is 3.62. The largest absolute Gasteiger partial charge is 0.368 e. The van der Waals surface area contributed by atoms with Gasteiger partial charge >= 0.3 is 0 Å². The molecule has 0 heterocycles. The molecule has 0 aromatic heterocycles. The molecule has 3 N–H and O–H groups in total. The van der Waals surface area contributed by atoms with Crippen LogP contribution in [0.2, 0.25) is 0 Å². The van der Waals surface area contributed by atoms with Gasteiger partial charge in [-0.05, 0) is 20.8 Å². The third-order valence-corrected chi connectivity index (χ3v) is 2.39. The van der Waals surface area contributed by atoms with E-state index in [9.17, 15) is 9.59 Å². The fourth-order valence-electron chi connectivity index (χ4n) is 0.524. The fraction of sp³-hybridized carbons (Fsp3) is 0.750. The highest BCUT2D eigenvalue weighted by Crippen LogP contribution is 2.16. The van der Waals surface area contributed by atoms with Crippen LogP contribution < -0.4 is 11.1 Å². The van der Waals surface area contributed by atoms with Crippen LogP contribution >= 0.6 is 11.6 Å². The topological polar surface area (TPSA) is 72.2 Å². The maximum Gasteiger partial charge on any atom is 0.239 e. The van der Waals surface area contributed by atoms with E-state index in [0.29, 0.717) is 0 Å². The van der Waals surface area contributed by atoms with Crippen molar-refractivity contribution in [2.24, 2.45) is 11.1 Å². The maximum absolute atomic E-state index is 11.4. The molecule has 2 amide bonds. The number of primary amides is 1. The Morgan fingerprint density at radius 2 is 2.00 bits per heavy atom. The van der Waals surface area contributed by atoms with Gasteiger partial charge in [0.15, 0.2) is 0 Å². The van der Waals surface area contributed by atoms with Crippen molar-refractivity contribution < 1.29 is 9.59 Å². The molecule has 1 atom stereocenters. The van der Waals surface area contributed by atoms with Gasteiger partial charge in [0.05, 0.1) is 5.41 Å². The van der Waals surface area contributed by atoms with Crippen LogP contribution in [0.4, 0.5) is 0 Å². The van der Waals surface area contributed by atoms with Gasteiger partial charge in [-0.15, -0.1) is 11.6 Å². The molecule has 0 saturated heterocycles. The summed E-state index contributed by atoms with van der Waals surface area (Å²) < 4.78 is 0. The van der Waals surface area contributed by atoms with Gasteiger partial charge < -0.3 is 11.1 Å². The second kappa shape index (κ2) is 4.46. The van der Waals surface area contributed by atoms with E-state index < -0.39 is 17.4 Å². The lowest BCUT2D eigenvalue weighted by atomic mass is 9.95. The van der Waals surface area contributed by atoms with E-state index >= 15 is 0 Å². The van der Waals surface area contributed by atoms with Crippen molar-refractivity contribution in [1.82, 2.24) is 5.32 Å². The van der Waals surface area contributed by atoms with E-state index in [2.05, 4.69) is 5.32 Å². The molecule has 0 fully saturated rings. The summed E-state index contributed by atoms with van der Waals surface area (Å²) in [7, 11) is 0. The lowest BCUT2D eigenvalue weighted by molar-refractivity contribution is -0.132. The quantitative estimate of drug-likeness (QED) is 0.647. The van der Waals surface area contributed by atoms with Crippen molar-refractivity contribution in [2.75, 3.05) is 5.88 Å². The maximum atomic E-state index is 11.4. The molecule has 0 aliphatic heterocycles. The molecular weight excluding hydrogens is 192 g/mol. The average molecular weight is 207 g/mol. The molecule has 4 nitrogen and oxygen atoms in total. The number of hydrogen-bond acceptors (Lipinski definition) is 2. The minimum absolute atomic E-state index is 0.199. The predicted molar refractivity (Wildman–Crippen MR) is 51.3 cm³/mol. The SMILES string of the molecule is CC(NC(=O)C(C)(C)CCl)C(N)=O. The van der Waals surface area contributed by atoms with Crippen molar-refractivity contribution >= 4 is 23.4 Å². The van der Waals surface area contributed by atoms with Crippen LogP contribution in [0.15, 0.2) is 0 Å². The van der Waals surface area contributed by atoms with Gasteiger partial charge in [-0.3, -0.25) is 9.59 Å². The Kier molecular flexibility index (Phi) is 4.20. The molecule has 0 radical (unpaired) electrons. The molecule has 1 unspecified atom stereocenters. The van der Waals surface area contributed by atoms with Gasteiger partial charge in [-0.2, -0.15) is 0 Å². The molecule has 0 aliphatic rings. The van der Waals surface area contributed by atoms with Gasteiger partial charge in [0.1, 0.15) is 6.04 Å². The van der Waals surface area contributed by atoms with Crippen LogP contribution in [0.1, 0.15) is 20.8 Å². The summed E-state index contributed by atoms with van der Waals surface area (Å²) in [5.74, 6) is -0.628. The number of nitrogens with two attached hydrogens (primary N) is 1. The summed E-state index contributed by atoms with van der Waals surface area (Å²) in [5.41, 5.74) is 4.31. The zero-order chi connectivity index (χ0) is 10.6. The van der Waals surface area contributed by atoms with Crippen molar-refractivity contribution in [2.45, 2.75) is 26.8 Å². The Morgan fingerprint density at radius 3 is 2.31 bits per heavy atom. The van der Waals surface area contributed by atoms with E-state index in [-0.39, 0.29) is 11.8 Å². The lowest BCUT2D eigenvalue weighted by Gasteiger charge is -2.22. The molecule has 0 spiro atoms.